The molecule has 1 unspecified atom stereocenters. The first-order valence-electron chi connectivity index (χ1n) is 9.41. The van der Waals surface area contributed by atoms with E-state index in [1.54, 1.807) is 38.1 Å². The molecule has 10 heteroatoms. The highest BCUT2D eigenvalue weighted by atomic mass is 35.5. The minimum Gasteiger partial charge on any atom is -0.495 e. The van der Waals surface area contributed by atoms with Crippen molar-refractivity contribution in [1.29, 1.82) is 0 Å². The molecule has 8 nitrogen and oxygen atoms in total. The van der Waals surface area contributed by atoms with Gasteiger partial charge in [0.05, 0.1) is 31.2 Å². The molecule has 1 amide bonds. The molecule has 2 aromatic rings. The summed E-state index contributed by atoms with van der Waals surface area (Å²) in [5.74, 6) is -0.864. The average Bonchev–Trinajstić information content (AvgIpc) is 2.68. The summed E-state index contributed by atoms with van der Waals surface area (Å²) in [7, 11) is -2.49. The zero-order valence-electron chi connectivity index (χ0n) is 17.9. The summed E-state index contributed by atoms with van der Waals surface area (Å²) in [6.45, 7) is 5.03. The molecule has 0 aliphatic carbocycles. The molecule has 0 bridgehead atoms. The molecule has 1 N–H and O–H groups in total. The van der Waals surface area contributed by atoms with Crippen molar-refractivity contribution in [1.82, 2.24) is 0 Å². The number of sulfonamides is 1. The Kier molecular flexibility index (Phi) is 7.91. The summed E-state index contributed by atoms with van der Waals surface area (Å²) in [5.41, 5.74) is 1.32. The van der Waals surface area contributed by atoms with E-state index in [1.165, 1.54) is 26.2 Å². The first kappa shape index (κ1) is 24.5. The summed E-state index contributed by atoms with van der Waals surface area (Å²) >= 11 is 6.05. The Balaban J connectivity index is 2.42. The van der Waals surface area contributed by atoms with Gasteiger partial charge in [-0.05, 0) is 56.7 Å². The van der Waals surface area contributed by atoms with Crippen LogP contribution in [0.3, 0.4) is 0 Å². The van der Waals surface area contributed by atoms with E-state index in [0.717, 1.165) is 10.6 Å². The summed E-state index contributed by atoms with van der Waals surface area (Å²) in [4.78, 5) is 25.1. The lowest BCUT2D eigenvalue weighted by molar-refractivity contribution is -0.116. The zero-order chi connectivity index (χ0) is 23.3. The molecule has 0 spiro atoms. The highest BCUT2D eigenvalue weighted by molar-refractivity contribution is 7.92. The third kappa shape index (κ3) is 5.68. The third-order valence-corrected chi connectivity index (χ3v) is 6.02. The van der Waals surface area contributed by atoms with Crippen LogP contribution >= 0.6 is 11.6 Å². The minimum absolute atomic E-state index is 0.136. The molecule has 0 saturated heterocycles. The van der Waals surface area contributed by atoms with Crippen molar-refractivity contribution in [3.05, 3.63) is 52.5 Å². The maximum absolute atomic E-state index is 13.0. The van der Waals surface area contributed by atoms with E-state index in [1.807, 2.05) is 0 Å². The lowest BCUT2D eigenvalue weighted by atomic mass is 10.1. The number of halogens is 1. The molecule has 2 aromatic carbocycles. The number of benzene rings is 2. The predicted octanol–water partition coefficient (Wildman–Crippen LogP) is 3.63. The number of nitrogens with zero attached hydrogens (tertiary/aromatic N) is 1. The second-order valence-electron chi connectivity index (χ2n) is 6.74. The van der Waals surface area contributed by atoms with Gasteiger partial charge in [-0.1, -0.05) is 17.7 Å². The van der Waals surface area contributed by atoms with Gasteiger partial charge in [-0.25, -0.2) is 13.2 Å². The molecule has 31 heavy (non-hydrogen) atoms. The molecule has 2 rings (SSSR count). The number of nitrogens with one attached hydrogen (secondary N) is 1. The SMILES string of the molecule is CCOC(=O)c1cccc(NC(=O)C(C)N(c2cc(Cl)ccc2OC)S(C)(=O)=O)c1C. The van der Waals surface area contributed by atoms with Crippen LogP contribution in [0, 0.1) is 6.92 Å². The van der Waals surface area contributed by atoms with Gasteiger partial charge in [-0.15, -0.1) is 0 Å². The fraction of sp³-hybridized carbons (Fsp3) is 0.333. The van der Waals surface area contributed by atoms with Crippen molar-refractivity contribution in [2.45, 2.75) is 26.8 Å². The van der Waals surface area contributed by atoms with Crippen molar-refractivity contribution < 1.29 is 27.5 Å². The molecule has 0 heterocycles. The van der Waals surface area contributed by atoms with E-state index in [4.69, 9.17) is 21.1 Å². The Morgan fingerprint density at radius 3 is 2.48 bits per heavy atom. The van der Waals surface area contributed by atoms with E-state index in [-0.39, 0.29) is 23.1 Å². The topological polar surface area (TPSA) is 102 Å². The molecular formula is C21H25ClN2O6S. The van der Waals surface area contributed by atoms with Crippen LogP contribution < -0.4 is 14.4 Å². The van der Waals surface area contributed by atoms with Crippen molar-refractivity contribution >= 4 is 44.9 Å². The smallest absolute Gasteiger partial charge is 0.338 e. The van der Waals surface area contributed by atoms with E-state index < -0.39 is 27.9 Å². The number of esters is 1. The van der Waals surface area contributed by atoms with Crippen molar-refractivity contribution in [3.8, 4) is 5.75 Å². The van der Waals surface area contributed by atoms with Crippen LogP contribution in [-0.4, -0.2) is 46.3 Å². The van der Waals surface area contributed by atoms with Crippen LogP contribution in [0.15, 0.2) is 36.4 Å². The average molecular weight is 469 g/mol. The van der Waals surface area contributed by atoms with Crippen LogP contribution in [0.1, 0.15) is 29.8 Å². The van der Waals surface area contributed by atoms with E-state index in [9.17, 15) is 18.0 Å². The number of carbonyl (C=O) groups excluding carboxylic acids is 2. The largest absolute Gasteiger partial charge is 0.495 e. The zero-order valence-corrected chi connectivity index (χ0v) is 19.5. The summed E-state index contributed by atoms with van der Waals surface area (Å²) in [6, 6.07) is 8.16. The Hall–Kier alpha value is -2.78. The first-order valence-corrected chi connectivity index (χ1v) is 11.6. The minimum atomic E-state index is -3.88. The number of hydrogen-bond acceptors (Lipinski definition) is 6. The van der Waals surface area contributed by atoms with Gasteiger partial charge >= 0.3 is 5.97 Å². The lowest BCUT2D eigenvalue weighted by Crippen LogP contribution is -2.45. The molecule has 1 atom stereocenters. The maximum atomic E-state index is 13.0. The van der Waals surface area contributed by atoms with Crippen molar-refractivity contribution in [3.63, 3.8) is 0 Å². The highest BCUT2D eigenvalue weighted by Crippen LogP contribution is 2.34. The van der Waals surface area contributed by atoms with Gasteiger partial charge < -0.3 is 14.8 Å². The van der Waals surface area contributed by atoms with Crippen LogP contribution in [0.5, 0.6) is 5.75 Å². The van der Waals surface area contributed by atoms with Crippen molar-refractivity contribution in [2.24, 2.45) is 0 Å². The number of carbonyl (C=O) groups is 2. The molecule has 0 aliphatic rings. The van der Waals surface area contributed by atoms with Gasteiger partial charge in [0.25, 0.3) is 0 Å². The quantitative estimate of drug-likeness (QED) is 0.593. The molecule has 0 fully saturated rings. The Labute approximate surface area is 187 Å². The fourth-order valence-electron chi connectivity index (χ4n) is 3.05. The lowest BCUT2D eigenvalue weighted by Gasteiger charge is -2.29. The number of rotatable bonds is 8. The predicted molar refractivity (Wildman–Crippen MR) is 121 cm³/mol. The maximum Gasteiger partial charge on any atom is 0.338 e. The Morgan fingerprint density at radius 1 is 1.23 bits per heavy atom. The summed E-state index contributed by atoms with van der Waals surface area (Å²) in [6.07, 6.45) is 0.990. The van der Waals surface area contributed by atoms with E-state index >= 15 is 0 Å². The third-order valence-electron chi connectivity index (χ3n) is 4.55. The Morgan fingerprint density at radius 2 is 1.90 bits per heavy atom. The summed E-state index contributed by atoms with van der Waals surface area (Å²) in [5, 5.41) is 2.98. The standard InChI is InChI=1S/C21H25ClN2O6S/c1-6-30-21(26)16-8-7-9-17(13(16)2)23-20(25)14(3)24(31(5,27)28)18-12-15(22)10-11-19(18)29-4/h7-12,14H,6H2,1-5H3,(H,23,25). The van der Waals surface area contributed by atoms with Crippen molar-refractivity contribution in [2.75, 3.05) is 29.6 Å². The highest BCUT2D eigenvalue weighted by Gasteiger charge is 2.32. The fourth-order valence-corrected chi connectivity index (χ4v) is 4.39. The van der Waals surface area contributed by atoms with Gasteiger partial charge in [0.2, 0.25) is 15.9 Å². The normalized spacial score (nSPS) is 12.1. The van der Waals surface area contributed by atoms with Crippen LogP contribution in [0.25, 0.3) is 0 Å². The van der Waals surface area contributed by atoms with Crippen LogP contribution in [-0.2, 0) is 19.6 Å². The van der Waals surface area contributed by atoms with E-state index in [2.05, 4.69) is 5.32 Å². The number of anilines is 2. The van der Waals surface area contributed by atoms with Crippen LogP contribution in [0.4, 0.5) is 11.4 Å². The van der Waals surface area contributed by atoms with Crippen LogP contribution in [0.2, 0.25) is 5.02 Å². The van der Waals surface area contributed by atoms with Gasteiger partial charge in [-0.2, -0.15) is 0 Å². The number of ether oxygens (including phenoxy) is 2. The monoisotopic (exact) mass is 468 g/mol. The molecular weight excluding hydrogens is 444 g/mol. The van der Waals surface area contributed by atoms with Gasteiger partial charge in [0.15, 0.2) is 0 Å². The number of hydrogen-bond donors (Lipinski definition) is 1. The number of methoxy groups -OCH3 is 1. The second kappa shape index (κ2) is 10.0. The molecule has 0 radical (unpaired) electrons. The van der Waals surface area contributed by atoms with Gasteiger partial charge in [-0.3, -0.25) is 9.10 Å². The molecule has 168 valence electrons. The van der Waals surface area contributed by atoms with Gasteiger partial charge in [0, 0.05) is 10.7 Å². The first-order chi connectivity index (χ1) is 14.5. The Bertz CT molecular complexity index is 1090. The molecule has 0 aliphatic heterocycles. The van der Waals surface area contributed by atoms with E-state index in [0.29, 0.717) is 16.8 Å². The second-order valence-corrected chi connectivity index (χ2v) is 9.03. The summed E-state index contributed by atoms with van der Waals surface area (Å²) < 4.78 is 36.4. The molecule has 0 saturated carbocycles. The molecule has 0 aromatic heterocycles. The number of amides is 1. The van der Waals surface area contributed by atoms with Gasteiger partial charge in [0.1, 0.15) is 11.8 Å².